The Hall–Kier alpha value is -2.75. The van der Waals surface area contributed by atoms with Crippen LogP contribution in [-0.4, -0.2) is 36.3 Å². The number of nitrogens with two attached hydrogens (primary N) is 1. The molecular weight excluding hydrogens is 314 g/mol. The molecule has 10 heteroatoms. The van der Waals surface area contributed by atoms with Crippen LogP contribution in [0.15, 0.2) is 22.7 Å². The molecular formula is C13H14F2N4O4. The molecule has 1 amide bonds. The first kappa shape index (κ1) is 16.6. The average molecular weight is 328 g/mol. The maximum absolute atomic E-state index is 12.3. The van der Waals surface area contributed by atoms with Crippen molar-refractivity contribution in [1.82, 2.24) is 15.5 Å². The zero-order chi connectivity index (χ0) is 16.8. The van der Waals surface area contributed by atoms with E-state index in [0.29, 0.717) is 5.56 Å². The summed E-state index contributed by atoms with van der Waals surface area (Å²) < 4.78 is 38.9. The van der Waals surface area contributed by atoms with Gasteiger partial charge in [-0.25, -0.2) is 0 Å². The minimum atomic E-state index is -2.96. The third-order valence-electron chi connectivity index (χ3n) is 2.73. The first-order valence-corrected chi connectivity index (χ1v) is 6.46. The smallest absolute Gasteiger partial charge is 0.387 e. The summed E-state index contributed by atoms with van der Waals surface area (Å²) in [7, 11) is 1.32. The number of benzene rings is 1. The minimum Gasteiger partial charge on any atom is -0.493 e. The Labute approximate surface area is 129 Å². The van der Waals surface area contributed by atoms with Crippen LogP contribution in [0.2, 0.25) is 0 Å². The van der Waals surface area contributed by atoms with E-state index in [2.05, 4.69) is 20.2 Å². The van der Waals surface area contributed by atoms with Gasteiger partial charge in [-0.05, 0) is 18.2 Å². The van der Waals surface area contributed by atoms with E-state index in [-0.39, 0.29) is 42.2 Å². The van der Waals surface area contributed by atoms with Crippen LogP contribution in [0.3, 0.4) is 0 Å². The number of amides is 1. The van der Waals surface area contributed by atoms with Gasteiger partial charge in [-0.1, -0.05) is 5.16 Å². The molecule has 0 unspecified atom stereocenters. The van der Waals surface area contributed by atoms with Gasteiger partial charge in [-0.3, -0.25) is 4.79 Å². The average Bonchev–Trinajstić information content (AvgIpc) is 3.01. The van der Waals surface area contributed by atoms with Crippen LogP contribution in [0, 0.1) is 0 Å². The summed E-state index contributed by atoms with van der Waals surface area (Å²) in [6, 6.07) is 4.23. The van der Waals surface area contributed by atoms with Crippen molar-refractivity contribution in [2.24, 2.45) is 5.73 Å². The highest BCUT2D eigenvalue weighted by molar-refractivity contribution is 5.77. The Balaban J connectivity index is 2.15. The second kappa shape index (κ2) is 7.49. The van der Waals surface area contributed by atoms with E-state index in [1.54, 1.807) is 0 Å². The van der Waals surface area contributed by atoms with Crippen LogP contribution < -0.4 is 20.5 Å². The molecule has 1 aromatic carbocycles. The van der Waals surface area contributed by atoms with Crippen molar-refractivity contribution in [2.45, 2.75) is 13.2 Å². The lowest BCUT2D eigenvalue weighted by Gasteiger charge is -2.10. The summed E-state index contributed by atoms with van der Waals surface area (Å²) in [6.45, 7) is -3.08. The number of halogens is 2. The largest absolute Gasteiger partial charge is 0.493 e. The van der Waals surface area contributed by atoms with E-state index in [9.17, 15) is 13.6 Å². The van der Waals surface area contributed by atoms with Crippen molar-refractivity contribution >= 4 is 5.91 Å². The van der Waals surface area contributed by atoms with Gasteiger partial charge in [-0.2, -0.15) is 13.8 Å². The highest BCUT2D eigenvalue weighted by Crippen LogP contribution is 2.32. The van der Waals surface area contributed by atoms with E-state index in [0.717, 1.165) is 0 Å². The van der Waals surface area contributed by atoms with Crippen molar-refractivity contribution in [3.05, 3.63) is 24.1 Å². The summed E-state index contributed by atoms with van der Waals surface area (Å²) in [4.78, 5) is 15.1. The molecule has 3 N–H and O–H groups in total. The van der Waals surface area contributed by atoms with Crippen LogP contribution in [0.1, 0.15) is 5.89 Å². The van der Waals surface area contributed by atoms with Crippen LogP contribution in [0.25, 0.3) is 11.4 Å². The molecule has 0 aliphatic rings. The lowest BCUT2D eigenvalue weighted by Crippen LogP contribution is -2.29. The molecule has 0 aliphatic heterocycles. The van der Waals surface area contributed by atoms with Gasteiger partial charge in [0.05, 0.1) is 20.2 Å². The SMILES string of the molecule is COc1cc(-c2noc(CNC(=O)CN)n2)ccc1OC(F)F. The lowest BCUT2D eigenvalue weighted by molar-refractivity contribution is -0.120. The quantitative estimate of drug-likeness (QED) is 0.777. The first-order chi connectivity index (χ1) is 11.0. The third-order valence-corrected chi connectivity index (χ3v) is 2.73. The number of hydrogen-bond acceptors (Lipinski definition) is 7. The van der Waals surface area contributed by atoms with Gasteiger partial charge < -0.3 is 25.0 Å². The number of nitrogens with one attached hydrogen (secondary N) is 1. The molecule has 0 saturated heterocycles. The summed E-state index contributed by atoms with van der Waals surface area (Å²) in [5, 5.41) is 6.22. The van der Waals surface area contributed by atoms with E-state index in [1.807, 2.05) is 0 Å². The van der Waals surface area contributed by atoms with Crippen LogP contribution >= 0.6 is 0 Å². The third kappa shape index (κ3) is 4.36. The number of alkyl halides is 2. The number of nitrogens with zero attached hydrogens (tertiary/aromatic N) is 2. The molecule has 124 valence electrons. The second-order valence-electron chi connectivity index (χ2n) is 4.24. The monoisotopic (exact) mass is 328 g/mol. The number of aromatic nitrogens is 2. The van der Waals surface area contributed by atoms with Crippen molar-refractivity contribution in [3.8, 4) is 22.9 Å². The lowest BCUT2D eigenvalue weighted by atomic mass is 10.2. The van der Waals surface area contributed by atoms with E-state index < -0.39 is 6.61 Å². The molecule has 2 rings (SSSR count). The van der Waals surface area contributed by atoms with Gasteiger partial charge in [-0.15, -0.1) is 0 Å². The van der Waals surface area contributed by atoms with Crippen molar-refractivity contribution in [2.75, 3.05) is 13.7 Å². The Morgan fingerprint density at radius 2 is 2.22 bits per heavy atom. The molecule has 8 nitrogen and oxygen atoms in total. The fourth-order valence-corrected chi connectivity index (χ4v) is 1.69. The molecule has 1 heterocycles. The molecule has 0 atom stereocenters. The molecule has 0 saturated carbocycles. The predicted octanol–water partition coefficient (Wildman–Crippen LogP) is 0.921. The summed E-state index contributed by atoms with van der Waals surface area (Å²) in [6.07, 6.45) is 0. The number of carbonyl (C=O) groups is 1. The minimum absolute atomic E-state index is 0.0345. The molecule has 1 aromatic heterocycles. The fourth-order valence-electron chi connectivity index (χ4n) is 1.69. The number of methoxy groups -OCH3 is 1. The second-order valence-corrected chi connectivity index (χ2v) is 4.24. The van der Waals surface area contributed by atoms with Gasteiger partial charge in [0, 0.05) is 5.56 Å². The Morgan fingerprint density at radius 3 is 2.87 bits per heavy atom. The van der Waals surface area contributed by atoms with Crippen LogP contribution in [0.5, 0.6) is 11.5 Å². The van der Waals surface area contributed by atoms with Gasteiger partial charge in [0.2, 0.25) is 17.6 Å². The first-order valence-electron chi connectivity index (χ1n) is 6.46. The zero-order valence-corrected chi connectivity index (χ0v) is 12.1. The highest BCUT2D eigenvalue weighted by Gasteiger charge is 2.15. The van der Waals surface area contributed by atoms with Gasteiger partial charge in [0.15, 0.2) is 11.5 Å². The van der Waals surface area contributed by atoms with E-state index >= 15 is 0 Å². The topological polar surface area (TPSA) is 113 Å². The number of ether oxygens (including phenoxy) is 2. The Kier molecular flexibility index (Phi) is 5.41. The number of rotatable bonds is 7. The van der Waals surface area contributed by atoms with Gasteiger partial charge in [0.25, 0.3) is 0 Å². The summed E-state index contributed by atoms with van der Waals surface area (Å²) in [5.41, 5.74) is 5.63. The highest BCUT2D eigenvalue weighted by atomic mass is 19.3. The summed E-state index contributed by atoms with van der Waals surface area (Å²) in [5.74, 6) is 0.0215. The molecule has 0 fully saturated rings. The maximum atomic E-state index is 12.3. The van der Waals surface area contributed by atoms with Gasteiger partial charge in [0.1, 0.15) is 0 Å². The fraction of sp³-hybridized carbons (Fsp3) is 0.308. The predicted molar refractivity (Wildman–Crippen MR) is 73.8 cm³/mol. The molecule has 2 aromatic rings. The van der Waals surface area contributed by atoms with Crippen LogP contribution in [-0.2, 0) is 11.3 Å². The summed E-state index contributed by atoms with van der Waals surface area (Å²) >= 11 is 0. The standard InChI is InChI=1S/C13H14F2N4O4/c1-21-9-4-7(2-3-8(9)22-13(14)15)12-18-11(23-19-12)6-17-10(20)5-16/h2-4,13H,5-6,16H2,1H3,(H,17,20). The molecule has 23 heavy (non-hydrogen) atoms. The van der Waals surface area contributed by atoms with Crippen molar-refractivity contribution in [1.29, 1.82) is 0 Å². The number of carbonyl (C=O) groups excluding carboxylic acids is 1. The van der Waals surface area contributed by atoms with E-state index in [1.165, 1.54) is 25.3 Å². The molecule has 0 radical (unpaired) electrons. The van der Waals surface area contributed by atoms with E-state index in [4.69, 9.17) is 15.0 Å². The normalized spacial score (nSPS) is 10.7. The molecule has 0 aliphatic carbocycles. The zero-order valence-electron chi connectivity index (χ0n) is 12.1. The Bertz CT molecular complexity index is 678. The number of hydrogen-bond donors (Lipinski definition) is 2. The van der Waals surface area contributed by atoms with Crippen molar-refractivity contribution < 1.29 is 27.6 Å². The Morgan fingerprint density at radius 1 is 1.43 bits per heavy atom. The maximum Gasteiger partial charge on any atom is 0.387 e. The van der Waals surface area contributed by atoms with Gasteiger partial charge >= 0.3 is 6.61 Å². The molecule has 0 bridgehead atoms. The molecule has 0 spiro atoms. The van der Waals surface area contributed by atoms with Crippen LogP contribution in [0.4, 0.5) is 8.78 Å². The van der Waals surface area contributed by atoms with Crippen molar-refractivity contribution in [3.63, 3.8) is 0 Å².